The number of rotatable bonds is 6. The number of thiocarbonyl (C=S) groups is 1. The molecule has 0 heterocycles. The van der Waals surface area contributed by atoms with Gasteiger partial charge in [-0.15, -0.1) is 0 Å². The molecule has 1 atom stereocenters. The van der Waals surface area contributed by atoms with E-state index in [1.54, 1.807) is 12.1 Å². The fourth-order valence-electron chi connectivity index (χ4n) is 1.73. The molecule has 3 nitrogen and oxygen atoms in total. The van der Waals surface area contributed by atoms with E-state index in [4.69, 9.17) is 12.2 Å². The summed E-state index contributed by atoms with van der Waals surface area (Å²) in [5.74, 6) is -0.220. The van der Waals surface area contributed by atoms with Gasteiger partial charge < -0.3 is 15.5 Å². The first-order valence-corrected chi connectivity index (χ1v) is 6.98. The van der Waals surface area contributed by atoms with E-state index in [1.807, 2.05) is 6.92 Å². The minimum atomic E-state index is -0.220. The van der Waals surface area contributed by atoms with Crippen molar-refractivity contribution < 1.29 is 9.29 Å². The minimum Gasteiger partial charge on any atom is -0.362 e. The Balaban J connectivity index is 2.29. The number of quaternary nitrogens is 1. The molecule has 0 unspecified atom stereocenters. The Morgan fingerprint density at radius 2 is 1.95 bits per heavy atom. The molecule has 106 valence electrons. The second-order valence-electron chi connectivity index (χ2n) is 4.98. The maximum absolute atomic E-state index is 12.8. The largest absolute Gasteiger partial charge is 0.362 e. The molecule has 3 N–H and O–H groups in total. The number of halogens is 1. The Morgan fingerprint density at radius 3 is 2.53 bits per heavy atom. The van der Waals surface area contributed by atoms with Gasteiger partial charge in [0.1, 0.15) is 5.82 Å². The molecule has 0 amide bonds. The zero-order valence-corrected chi connectivity index (χ0v) is 12.6. The average Bonchev–Trinajstić information content (AvgIpc) is 2.35. The Morgan fingerprint density at radius 1 is 1.32 bits per heavy atom. The van der Waals surface area contributed by atoms with E-state index in [9.17, 15) is 4.39 Å². The van der Waals surface area contributed by atoms with Gasteiger partial charge in [0.05, 0.1) is 26.7 Å². The zero-order valence-electron chi connectivity index (χ0n) is 11.8. The van der Waals surface area contributed by atoms with Crippen LogP contribution in [0.3, 0.4) is 0 Å². The Kier molecular flexibility index (Phi) is 6.73. The van der Waals surface area contributed by atoms with E-state index in [0.29, 0.717) is 5.11 Å². The standard InChI is InChI=1S/C14H22FN3S/c1-11(12-5-7-13(15)8-6-12)17-14(19)16-9-4-10-18(2)3/h5-8,11H,4,9-10H2,1-3H3,(H2,16,17,19)/p+1/t11-/m0/s1. The van der Waals surface area contributed by atoms with E-state index in [2.05, 4.69) is 24.7 Å². The molecule has 0 spiro atoms. The topological polar surface area (TPSA) is 28.5 Å². The second-order valence-corrected chi connectivity index (χ2v) is 5.39. The summed E-state index contributed by atoms with van der Waals surface area (Å²) in [5.41, 5.74) is 1.02. The van der Waals surface area contributed by atoms with Gasteiger partial charge in [-0.1, -0.05) is 12.1 Å². The van der Waals surface area contributed by atoms with Crippen molar-refractivity contribution in [3.05, 3.63) is 35.6 Å². The van der Waals surface area contributed by atoms with Crippen LogP contribution in [-0.2, 0) is 0 Å². The Hall–Kier alpha value is -1.20. The van der Waals surface area contributed by atoms with Crippen molar-refractivity contribution in [2.75, 3.05) is 27.2 Å². The van der Waals surface area contributed by atoms with Crippen molar-refractivity contribution in [3.8, 4) is 0 Å². The quantitative estimate of drug-likeness (QED) is 0.535. The summed E-state index contributed by atoms with van der Waals surface area (Å²) in [6.07, 6.45) is 1.08. The highest BCUT2D eigenvalue weighted by Gasteiger charge is 2.06. The molecule has 0 aliphatic rings. The third-order valence-corrected chi connectivity index (χ3v) is 3.12. The monoisotopic (exact) mass is 284 g/mol. The molecule has 0 aromatic heterocycles. The molecule has 19 heavy (non-hydrogen) atoms. The van der Waals surface area contributed by atoms with E-state index in [0.717, 1.165) is 25.1 Å². The molecule has 0 saturated heterocycles. The molecule has 1 rings (SSSR count). The van der Waals surface area contributed by atoms with Crippen molar-refractivity contribution in [2.24, 2.45) is 0 Å². The highest BCUT2D eigenvalue weighted by molar-refractivity contribution is 7.80. The van der Waals surface area contributed by atoms with Crippen LogP contribution >= 0.6 is 12.2 Å². The van der Waals surface area contributed by atoms with Gasteiger partial charge in [0.15, 0.2) is 5.11 Å². The van der Waals surface area contributed by atoms with Crippen LogP contribution in [0.4, 0.5) is 4.39 Å². The first-order valence-electron chi connectivity index (χ1n) is 6.58. The smallest absolute Gasteiger partial charge is 0.166 e. The van der Waals surface area contributed by atoms with Crippen LogP contribution in [0, 0.1) is 5.82 Å². The second kappa shape index (κ2) is 8.07. The van der Waals surface area contributed by atoms with Gasteiger partial charge in [-0.25, -0.2) is 4.39 Å². The molecule has 1 aromatic rings. The summed E-state index contributed by atoms with van der Waals surface area (Å²) in [6, 6.07) is 6.53. The number of benzene rings is 1. The van der Waals surface area contributed by atoms with Gasteiger partial charge in [-0.2, -0.15) is 0 Å². The van der Waals surface area contributed by atoms with Crippen molar-refractivity contribution >= 4 is 17.3 Å². The lowest BCUT2D eigenvalue weighted by Gasteiger charge is -2.17. The third-order valence-electron chi connectivity index (χ3n) is 2.86. The number of hydrogen-bond donors (Lipinski definition) is 3. The summed E-state index contributed by atoms with van der Waals surface area (Å²) in [7, 11) is 4.26. The number of hydrogen-bond acceptors (Lipinski definition) is 1. The predicted molar refractivity (Wildman–Crippen MR) is 80.8 cm³/mol. The van der Waals surface area contributed by atoms with Crippen molar-refractivity contribution in [3.63, 3.8) is 0 Å². The maximum atomic E-state index is 12.8. The lowest BCUT2D eigenvalue weighted by atomic mass is 10.1. The average molecular weight is 284 g/mol. The van der Waals surface area contributed by atoms with Gasteiger partial charge in [0.2, 0.25) is 0 Å². The van der Waals surface area contributed by atoms with Crippen LogP contribution in [0.25, 0.3) is 0 Å². The maximum Gasteiger partial charge on any atom is 0.166 e. The fraction of sp³-hybridized carbons (Fsp3) is 0.500. The van der Waals surface area contributed by atoms with Crippen LogP contribution in [0.5, 0.6) is 0 Å². The Bertz CT molecular complexity index is 392. The van der Waals surface area contributed by atoms with Crippen molar-refractivity contribution in [1.29, 1.82) is 0 Å². The van der Waals surface area contributed by atoms with Crippen LogP contribution in [-0.4, -0.2) is 32.3 Å². The molecular formula is C14H23FN3S+. The van der Waals surface area contributed by atoms with Crippen LogP contribution in [0.1, 0.15) is 24.9 Å². The molecule has 1 aromatic carbocycles. The lowest BCUT2D eigenvalue weighted by molar-refractivity contribution is -0.858. The summed E-state index contributed by atoms with van der Waals surface area (Å²) in [6.45, 7) is 3.99. The molecule has 0 saturated carbocycles. The zero-order chi connectivity index (χ0) is 14.3. The molecule has 0 aliphatic heterocycles. The van der Waals surface area contributed by atoms with E-state index in [-0.39, 0.29) is 11.9 Å². The number of nitrogens with one attached hydrogen (secondary N) is 3. The van der Waals surface area contributed by atoms with Crippen molar-refractivity contribution in [2.45, 2.75) is 19.4 Å². The summed E-state index contributed by atoms with van der Waals surface area (Å²) in [4.78, 5) is 1.43. The highest BCUT2D eigenvalue weighted by Crippen LogP contribution is 2.12. The van der Waals surface area contributed by atoms with Gasteiger partial charge in [-0.05, 0) is 36.8 Å². The first-order chi connectivity index (χ1) is 8.99. The third kappa shape index (κ3) is 6.50. The van der Waals surface area contributed by atoms with Gasteiger partial charge in [0, 0.05) is 13.0 Å². The van der Waals surface area contributed by atoms with E-state index >= 15 is 0 Å². The molecule has 0 fully saturated rings. The Labute approximate surface area is 120 Å². The summed E-state index contributed by atoms with van der Waals surface area (Å²) < 4.78 is 12.8. The van der Waals surface area contributed by atoms with Crippen LogP contribution < -0.4 is 15.5 Å². The van der Waals surface area contributed by atoms with E-state index in [1.165, 1.54) is 17.0 Å². The van der Waals surface area contributed by atoms with Crippen molar-refractivity contribution in [1.82, 2.24) is 10.6 Å². The van der Waals surface area contributed by atoms with Crippen LogP contribution in [0.2, 0.25) is 0 Å². The molecule has 5 heteroatoms. The fourth-order valence-corrected chi connectivity index (χ4v) is 2.01. The normalized spacial score (nSPS) is 12.3. The first kappa shape index (κ1) is 15.9. The van der Waals surface area contributed by atoms with Crippen LogP contribution in [0.15, 0.2) is 24.3 Å². The lowest BCUT2D eigenvalue weighted by Crippen LogP contribution is -3.05. The SMILES string of the molecule is C[C@H](NC(=S)NCCC[NH+](C)C)c1ccc(F)cc1. The summed E-state index contributed by atoms with van der Waals surface area (Å²) in [5, 5.41) is 7.02. The van der Waals surface area contributed by atoms with Gasteiger partial charge in [-0.3, -0.25) is 0 Å². The minimum absolute atomic E-state index is 0.0695. The molecule has 0 bridgehead atoms. The molecule has 0 aliphatic carbocycles. The van der Waals surface area contributed by atoms with Gasteiger partial charge >= 0.3 is 0 Å². The highest BCUT2D eigenvalue weighted by atomic mass is 32.1. The predicted octanol–water partition coefficient (Wildman–Crippen LogP) is 0.885. The molecular weight excluding hydrogens is 261 g/mol. The molecule has 0 radical (unpaired) electrons. The van der Waals surface area contributed by atoms with E-state index < -0.39 is 0 Å². The summed E-state index contributed by atoms with van der Waals surface area (Å²) >= 11 is 5.23. The van der Waals surface area contributed by atoms with Gasteiger partial charge in [0.25, 0.3) is 0 Å².